The van der Waals surface area contributed by atoms with Crippen LogP contribution in [0.4, 0.5) is 5.69 Å². The standard InChI is InChI=1S/C14H14N2/c1-10-6-2-3-7-11(10)14(16)12-8-4-5-9-13(12)15/h2-9,16H,15H2,1H3. The molecule has 0 aliphatic carbocycles. The van der Waals surface area contributed by atoms with E-state index < -0.39 is 0 Å². The van der Waals surface area contributed by atoms with Crippen LogP contribution in [0.5, 0.6) is 0 Å². The summed E-state index contributed by atoms with van der Waals surface area (Å²) in [5, 5.41) is 8.17. The molecule has 0 saturated heterocycles. The van der Waals surface area contributed by atoms with Crippen LogP contribution in [0.25, 0.3) is 0 Å². The summed E-state index contributed by atoms with van der Waals surface area (Å²) in [7, 11) is 0. The van der Waals surface area contributed by atoms with Crippen molar-refractivity contribution in [3.05, 3.63) is 65.2 Å². The Morgan fingerprint density at radius 1 is 0.938 bits per heavy atom. The smallest absolute Gasteiger partial charge is 0.0707 e. The summed E-state index contributed by atoms with van der Waals surface area (Å²) in [6.45, 7) is 2.00. The Kier molecular flexibility index (Phi) is 2.73. The van der Waals surface area contributed by atoms with Gasteiger partial charge in [-0.2, -0.15) is 0 Å². The molecule has 0 aliphatic heterocycles. The number of benzene rings is 2. The third-order valence-corrected chi connectivity index (χ3v) is 2.64. The van der Waals surface area contributed by atoms with Gasteiger partial charge in [0.05, 0.1) is 5.71 Å². The van der Waals surface area contributed by atoms with Crippen LogP contribution in [-0.4, -0.2) is 5.71 Å². The van der Waals surface area contributed by atoms with Gasteiger partial charge in [-0.3, -0.25) is 5.41 Å². The topological polar surface area (TPSA) is 49.9 Å². The van der Waals surface area contributed by atoms with Crippen LogP contribution in [0.15, 0.2) is 48.5 Å². The van der Waals surface area contributed by atoms with Gasteiger partial charge in [0, 0.05) is 16.8 Å². The predicted octanol–water partition coefficient (Wildman–Crippen LogP) is 2.99. The normalized spacial score (nSPS) is 10.1. The summed E-state index contributed by atoms with van der Waals surface area (Å²) in [4.78, 5) is 0. The fourth-order valence-corrected chi connectivity index (χ4v) is 1.72. The number of rotatable bonds is 2. The first-order chi connectivity index (χ1) is 7.70. The summed E-state index contributed by atoms with van der Waals surface area (Å²) in [5.41, 5.74) is 9.81. The summed E-state index contributed by atoms with van der Waals surface area (Å²) < 4.78 is 0. The zero-order chi connectivity index (χ0) is 11.5. The minimum absolute atomic E-state index is 0.483. The SMILES string of the molecule is Cc1ccccc1C(=N)c1ccccc1N. The number of para-hydroxylation sites is 1. The molecule has 0 aliphatic rings. The molecule has 2 aromatic rings. The van der Waals surface area contributed by atoms with Crippen molar-refractivity contribution in [3.63, 3.8) is 0 Å². The monoisotopic (exact) mass is 210 g/mol. The van der Waals surface area contributed by atoms with E-state index in [0.717, 1.165) is 16.7 Å². The molecule has 0 unspecified atom stereocenters. The zero-order valence-electron chi connectivity index (χ0n) is 9.20. The molecule has 0 aromatic heterocycles. The Balaban J connectivity index is 2.48. The molecule has 0 saturated carbocycles. The van der Waals surface area contributed by atoms with Gasteiger partial charge in [-0.05, 0) is 18.6 Å². The molecule has 0 spiro atoms. The number of anilines is 1. The summed E-state index contributed by atoms with van der Waals surface area (Å²) in [6.07, 6.45) is 0. The number of aryl methyl sites for hydroxylation is 1. The zero-order valence-corrected chi connectivity index (χ0v) is 9.20. The Bertz CT molecular complexity index is 482. The van der Waals surface area contributed by atoms with Gasteiger partial charge >= 0.3 is 0 Å². The molecule has 16 heavy (non-hydrogen) atoms. The Hall–Kier alpha value is -2.09. The summed E-state index contributed by atoms with van der Waals surface area (Å²) >= 11 is 0. The molecular weight excluding hydrogens is 196 g/mol. The molecule has 0 radical (unpaired) electrons. The van der Waals surface area contributed by atoms with Gasteiger partial charge in [-0.15, -0.1) is 0 Å². The third kappa shape index (κ3) is 1.82. The molecule has 0 heterocycles. The van der Waals surface area contributed by atoms with E-state index in [1.54, 1.807) is 0 Å². The first kappa shape index (κ1) is 10.4. The van der Waals surface area contributed by atoms with E-state index >= 15 is 0 Å². The first-order valence-electron chi connectivity index (χ1n) is 5.19. The minimum Gasteiger partial charge on any atom is -0.398 e. The average molecular weight is 210 g/mol. The van der Waals surface area contributed by atoms with Crippen molar-refractivity contribution in [1.29, 1.82) is 5.41 Å². The van der Waals surface area contributed by atoms with Gasteiger partial charge in [0.1, 0.15) is 0 Å². The second-order valence-electron chi connectivity index (χ2n) is 3.78. The van der Waals surface area contributed by atoms with E-state index in [0.29, 0.717) is 11.4 Å². The van der Waals surface area contributed by atoms with Crippen molar-refractivity contribution >= 4 is 11.4 Å². The lowest BCUT2D eigenvalue weighted by Crippen LogP contribution is -2.06. The minimum atomic E-state index is 0.483. The maximum absolute atomic E-state index is 8.17. The molecule has 0 bridgehead atoms. The molecule has 2 aromatic carbocycles. The second-order valence-corrected chi connectivity index (χ2v) is 3.78. The Morgan fingerprint density at radius 3 is 2.12 bits per heavy atom. The maximum atomic E-state index is 8.17. The van der Waals surface area contributed by atoms with Crippen molar-refractivity contribution in [3.8, 4) is 0 Å². The van der Waals surface area contributed by atoms with Gasteiger partial charge in [0.2, 0.25) is 0 Å². The van der Waals surface area contributed by atoms with Crippen LogP contribution in [-0.2, 0) is 0 Å². The molecule has 0 amide bonds. The van der Waals surface area contributed by atoms with Crippen LogP contribution in [0.3, 0.4) is 0 Å². The Labute approximate surface area is 95.2 Å². The lowest BCUT2D eigenvalue weighted by Gasteiger charge is -2.09. The highest BCUT2D eigenvalue weighted by molar-refractivity contribution is 6.14. The molecule has 3 N–H and O–H groups in total. The van der Waals surface area contributed by atoms with Crippen LogP contribution in [0.1, 0.15) is 16.7 Å². The number of hydrogen-bond donors (Lipinski definition) is 2. The first-order valence-corrected chi connectivity index (χ1v) is 5.19. The predicted molar refractivity (Wildman–Crippen MR) is 68.0 cm³/mol. The van der Waals surface area contributed by atoms with E-state index in [1.807, 2.05) is 55.5 Å². The lowest BCUT2D eigenvalue weighted by molar-refractivity contribution is 1.39. The van der Waals surface area contributed by atoms with E-state index in [4.69, 9.17) is 11.1 Å². The van der Waals surface area contributed by atoms with Crippen LogP contribution >= 0.6 is 0 Å². The molecule has 0 fully saturated rings. The van der Waals surface area contributed by atoms with Crippen molar-refractivity contribution in [2.24, 2.45) is 0 Å². The van der Waals surface area contributed by atoms with E-state index in [1.165, 1.54) is 0 Å². The molecule has 0 atom stereocenters. The van der Waals surface area contributed by atoms with Gasteiger partial charge in [-0.25, -0.2) is 0 Å². The fraction of sp³-hybridized carbons (Fsp3) is 0.0714. The van der Waals surface area contributed by atoms with E-state index in [2.05, 4.69) is 0 Å². The highest BCUT2D eigenvalue weighted by Gasteiger charge is 2.09. The average Bonchev–Trinajstić information content (AvgIpc) is 2.29. The second kappa shape index (κ2) is 4.19. The van der Waals surface area contributed by atoms with Gasteiger partial charge in [-0.1, -0.05) is 42.5 Å². The van der Waals surface area contributed by atoms with Crippen LogP contribution in [0, 0.1) is 12.3 Å². The van der Waals surface area contributed by atoms with Crippen LogP contribution < -0.4 is 5.73 Å². The summed E-state index contributed by atoms with van der Waals surface area (Å²) in [6, 6.07) is 15.3. The highest BCUT2D eigenvalue weighted by Crippen LogP contribution is 2.18. The highest BCUT2D eigenvalue weighted by atomic mass is 14.6. The molecule has 2 heteroatoms. The maximum Gasteiger partial charge on any atom is 0.0707 e. The van der Waals surface area contributed by atoms with Gasteiger partial charge in [0.25, 0.3) is 0 Å². The van der Waals surface area contributed by atoms with Crippen molar-refractivity contribution < 1.29 is 0 Å². The van der Waals surface area contributed by atoms with Crippen LogP contribution in [0.2, 0.25) is 0 Å². The lowest BCUT2D eigenvalue weighted by atomic mass is 9.97. The molecule has 80 valence electrons. The fourth-order valence-electron chi connectivity index (χ4n) is 1.72. The van der Waals surface area contributed by atoms with Crippen molar-refractivity contribution in [1.82, 2.24) is 0 Å². The van der Waals surface area contributed by atoms with Gasteiger partial charge in [0.15, 0.2) is 0 Å². The third-order valence-electron chi connectivity index (χ3n) is 2.64. The molecule has 2 rings (SSSR count). The summed E-state index contributed by atoms with van der Waals surface area (Å²) in [5.74, 6) is 0. The number of nitrogens with one attached hydrogen (secondary N) is 1. The van der Waals surface area contributed by atoms with Crippen molar-refractivity contribution in [2.75, 3.05) is 5.73 Å². The quantitative estimate of drug-likeness (QED) is 0.581. The largest absolute Gasteiger partial charge is 0.398 e. The van der Waals surface area contributed by atoms with E-state index in [9.17, 15) is 0 Å². The number of nitrogen functional groups attached to an aromatic ring is 1. The van der Waals surface area contributed by atoms with Crippen molar-refractivity contribution in [2.45, 2.75) is 6.92 Å². The molecular formula is C14H14N2. The number of hydrogen-bond acceptors (Lipinski definition) is 2. The Morgan fingerprint density at radius 2 is 1.50 bits per heavy atom. The van der Waals surface area contributed by atoms with E-state index in [-0.39, 0.29) is 0 Å². The van der Waals surface area contributed by atoms with Gasteiger partial charge < -0.3 is 5.73 Å². The number of nitrogens with two attached hydrogens (primary N) is 1. The molecule has 2 nitrogen and oxygen atoms in total.